The van der Waals surface area contributed by atoms with Crippen LogP contribution in [0.1, 0.15) is 5.69 Å². The fourth-order valence-corrected chi connectivity index (χ4v) is 5.91. The van der Waals surface area contributed by atoms with Crippen molar-refractivity contribution in [3.05, 3.63) is 21.9 Å². The lowest BCUT2D eigenvalue weighted by Gasteiger charge is -2.49. The summed E-state index contributed by atoms with van der Waals surface area (Å²) in [4.78, 5) is 47.6. The molecule has 2 unspecified atom stereocenters. The van der Waals surface area contributed by atoms with E-state index in [0.29, 0.717) is 15.8 Å². The molecule has 0 aliphatic carbocycles. The minimum Gasteiger partial charge on any atom is -0.449 e. The predicted molar refractivity (Wildman–Crippen MR) is 121 cm³/mol. The first-order valence-electron chi connectivity index (χ1n) is 9.38. The van der Waals surface area contributed by atoms with E-state index in [9.17, 15) is 19.5 Å². The van der Waals surface area contributed by atoms with Crippen molar-refractivity contribution in [3.8, 4) is 0 Å². The highest BCUT2D eigenvalue weighted by molar-refractivity contribution is 8.05. The van der Waals surface area contributed by atoms with E-state index in [1.807, 2.05) is 0 Å². The molecule has 4 N–H and O–H groups in total. The Labute approximate surface area is 203 Å². The summed E-state index contributed by atoms with van der Waals surface area (Å²) in [5, 5.41) is 29.0. The normalized spacial score (nSPS) is 20.0. The van der Waals surface area contributed by atoms with Gasteiger partial charge in [0.15, 0.2) is 10.8 Å². The van der Waals surface area contributed by atoms with Crippen molar-refractivity contribution in [3.63, 3.8) is 0 Å². The molecule has 1 fully saturated rings. The van der Waals surface area contributed by atoms with Crippen molar-refractivity contribution in [1.29, 1.82) is 0 Å². The molecule has 0 bridgehead atoms. The number of hydrogen-bond acceptors (Lipinski definition) is 14. The van der Waals surface area contributed by atoms with E-state index in [1.165, 1.54) is 45.6 Å². The lowest BCUT2D eigenvalue weighted by molar-refractivity contribution is -0.151. The van der Waals surface area contributed by atoms with E-state index < -0.39 is 30.1 Å². The number of aryl methyl sites for hydroxylation is 1. The third-order valence-corrected chi connectivity index (χ3v) is 7.72. The summed E-state index contributed by atoms with van der Waals surface area (Å²) in [6, 6.07) is -1.44. The van der Waals surface area contributed by atoms with Gasteiger partial charge in [-0.1, -0.05) is 16.9 Å². The first-order chi connectivity index (χ1) is 16.3. The molecule has 4 rings (SSSR count). The van der Waals surface area contributed by atoms with Gasteiger partial charge in [-0.05, 0) is 10.4 Å². The lowest BCUT2D eigenvalue weighted by Crippen LogP contribution is -2.72. The molecule has 0 radical (unpaired) electrons. The van der Waals surface area contributed by atoms with Crippen LogP contribution in [0.25, 0.3) is 0 Å². The molecule has 2 aromatic heterocycles. The number of hydrogen-bond donors (Lipinski definition) is 3. The Bertz CT molecular complexity index is 1190. The minimum atomic E-state index is -1.56. The van der Waals surface area contributed by atoms with Gasteiger partial charge < -0.3 is 25.7 Å². The van der Waals surface area contributed by atoms with Gasteiger partial charge in [-0.2, -0.15) is 0 Å². The zero-order chi connectivity index (χ0) is 24.4. The Kier molecular flexibility index (Phi) is 6.89. The SMILES string of the molecule is CON=C(C(=O)NC1C(=O)N2C(OC(=O)O)=C(CSc3nnnn3C)SCC12)c1csc(N)n1. The number of carbonyl (C=O) groups is 3. The smallest absolute Gasteiger partial charge is 0.449 e. The van der Waals surface area contributed by atoms with Crippen molar-refractivity contribution in [2.75, 3.05) is 24.3 Å². The van der Waals surface area contributed by atoms with Gasteiger partial charge in [-0.25, -0.2) is 14.5 Å². The number of thiazole rings is 1. The van der Waals surface area contributed by atoms with E-state index in [0.717, 1.165) is 11.3 Å². The minimum absolute atomic E-state index is 0.0927. The van der Waals surface area contributed by atoms with Gasteiger partial charge in [-0.3, -0.25) is 14.5 Å². The zero-order valence-corrected chi connectivity index (χ0v) is 20.0. The van der Waals surface area contributed by atoms with Crippen LogP contribution < -0.4 is 11.1 Å². The van der Waals surface area contributed by atoms with Crippen molar-refractivity contribution < 1.29 is 29.1 Å². The van der Waals surface area contributed by atoms with Crippen LogP contribution in [-0.4, -0.2) is 89.6 Å². The Hall–Kier alpha value is -3.38. The Morgan fingerprint density at radius 2 is 2.26 bits per heavy atom. The average Bonchev–Trinajstić information content (AvgIpc) is 3.41. The number of carbonyl (C=O) groups excluding carboxylic acids is 2. The lowest BCUT2D eigenvalue weighted by atomic mass is 9.96. The summed E-state index contributed by atoms with van der Waals surface area (Å²) in [6.07, 6.45) is -1.56. The highest BCUT2D eigenvalue weighted by Crippen LogP contribution is 2.41. The monoisotopic (exact) mass is 527 g/mol. The van der Waals surface area contributed by atoms with Crippen LogP contribution in [-0.2, 0) is 26.2 Å². The first-order valence-corrected chi connectivity index (χ1v) is 12.2. The van der Waals surface area contributed by atoms with E-state index in [2.05, 4.69) is 31.0 Å². The van der Waals surface area contributed by atoms with E-state index in [-0.39, 0.29) is 28.2 Å². The molecule has 180 valence electrons. The summed E-state index contributed by atoms with van der Waals surface area (Å²) in [5.41, 5.74) is 5.69. The zero-order valence-electron chi connectivity index (χ0n) is 17.6. The number of nitrogen functional groups attached to an aromatic ring is 1. The number of anilines is 1. The van der Waals surface area contributed by atoms with Crippen molar-refractivity contribution in [2.24, 2.45) is 12.2 Å². The molecule has 18 heteroatoms. The molecule has 0 saturated carbocycles. The standard InChI is InChI=1S/C16H17N9O6S3/c1-24-15(20-22-23-24)34-5-8-13(31-16(28)29)25-7(4-32-8)10(12(25)27)19-11(26)9(21-30-2)6-3-33-14(17)18-6/h3,7,10H,4-5H2,1-2H3,(H2,17,18)(H,19,26)(H,28,29). The number of aromatic nitrogens is 5. The maximum absolute atomic E-state index is 12.9. The van der Waals surface area contributed by atoms with Crippen LogP contribution in [0.5, 0.6) is 0 Å². The number of oxime groups is 1. The molecule has 2 aromatic rings. The summed E-state index contributed by atoms with van der Waals surface area (Å²) >= 11 is 3.70. The third-order valence-electron chi connectivity index (χ3n) is 4.65. The Morgan fingerprint density at radius 1 is 1.47 bits per heavy atom. The largest absolute Gasteiger partial charge is 0.512 e. The van der Waals surface area contributed by atoms with Gasteiger partial charge in [0.25, 0.3) is 11.8 Å². The number of thioether (sulfide) groups is 2. The van der Waals surface area contributed by atoms with Crippen LogP contribution in [0.2, 0.25) is 0 Å². The molecule has 1 saturated heterocycles. The van der Waals surface area contributed by atoms with Gasteiger partial charge in [0.05, 0.1) is 10.9 Å². The fraction of sp³-hybridized carbons (Fsp3) is 0.375. The number of nitrogens with zero attached hydrogens (tertiary/aromatic N) is 7. The first kappa shape index (κ1) is 23.8. The van der Waals surface area contributed by atoms with Gasteiger partial charge in [-0.15, -0.1) is 28.2 Å². The number of rotatable bonds is 8. The summed E-state index contributed by atoms with van der Waals surface area (Å²) in [6.45, 7) is 0. The molecule has 15 nitrogen and oxygen atoms in total. The number of fused-ring (bicyclic) bond motifs is 1. The van der Waals surface area contributed by atoms with Crippen LogP contribution in [0.15, 0.2) is 26.5 Å². The molecule has 34 heavy (non-hydrogen) atoms. The quantitative estimate of drug-likeness (QED) is 0.133. The van der Waals surface area contributed by atoms with Gasteiger partial charge in [0.2, 0.25) is 11.0 Å². The molecule has 2 aliphatic rings. The topological polar surface area (TPSA) is 200 Å². The van der Waals surface area contributed by atoms with E-state index in [4.69, 9.17) is 15.3 Å². The second kappa shape index (κ2) is 9.85. The summed E-state index contributed by atoms with van der Waals surface area (Å²) in [5.74, 6) is -0.616. The predicted octanol–water partition coefficient (Wildman–Crippen LogP) is -0.302. The second-order valence-corrected chi connectivity index (χ2v) is 9.65. The molecule has 2 atom stereocenters. The highest BCUT2D eigenvalue weighted by atomic mass is 32.2. The maximum atomic E-state index is 12.9. The molecular formula is C16H17N9O6S3. The van der Waals surface area contributed by atoms with Crippen LogP contribution in [0.4, 0.5) is 9.93 Å². The van der Waals surface area contributed by atoms with Crippen molar-refractivity contribution in [1.82, 2.24) is 35.4 Å². The molecule has 2 amide bonds. The Morgan fingerprint density at radius 3 is 2.88 bits per heavy atom. The third kappa shape index (κ3) is 4.64. The summed E-state index contributed by atoms with van der Waals surface area (Å²) < 4.78 is 6.42. The number of tetrazole rings is 1. The van der Waals surface area contributed by atoms with Gasteiger partial charge in [0.1, 0.15) is 18.8 Å². The van der Waals surface area contributed by atoms with E-state index >= 15 is 0 Å². The molecular weight excluding hydrogens is 510 g/mol. The summed E-state index contributed by atoms with van der Waals surface area (Å²) in [7, 11) is 2.94. The number of ether oxygens (including phenoxy) is 1. The molecule has 2 aliphatic heterocycles. The highest BCUT2D eigenvalue weighted by Gasteiger charge is 2.54. The molecule has 0 aromatic carbocycles. The van der Waals surface area contributed by atoms with Crippen LogP contribution in [0, 0.1) is 0 Å². The molecule has 0 spiro atoms. The number of β-lactam (4-membered cyclic amide) rings is 1. The van der Waals surface area contributed by atoms with Crippen molar-refractivity contribution >= 4 is 63.7 Å². The van der Waals surface area contributed by atoms with E-state index in [1.54, 1.807) is 7.05 Å². The van der Waals surface area contributed by atoms with Crippen LogP contribution in [0.3, 0.4) is 0 Å². The fourth-order valence-electron chi connectivity index (χ4n) is 3.17. The number of nitrogens with two attached hydrogens (primary N) is 1. The molecule has 4 heterocycles. The van der Waals surface area contributed by atoms with Gasteiger partial charge in [0, 0.05) is 23.9 Å². The van der Waals surface area contributed by atoms with Gasteiger partial charge >= 0.3 is 6.16 Å². The number of nitrogens with one attached hydrogen (secondary N) is 1. The maximum Gasteiger partial charge on any atom is 0.512 e. The number of carboxylic acid groups (broad SMARTS) is 1. The average molecular weight is 528 g/mol. The number of amides is 2. The Balaban J connectivity index is 1.50. The van der Waals surface area contributed by atoms with Crippen molar-refractivity contribution in [2.45, 2.75) is 17.2 Å². The van der Waals surface area contributed by atoms with Crippen LogP contribution >= 0.6 is 34.9 Å². The second-order valence-electron chi connectivity index (χ2n) is 6.70.